The SMILES string of the molecule is Oc1oc(-c2ccccc2)nc1C=Nc1cc(C(F)(F)F)ccc1Cl. The molecule has 0 unspecified atom stereocenters. The predicted molar refractivity (Wildman–Crippen MR) is 87.3 cm³/mol. The van der Waals surface area contributed by atoms with E-state index in [4.69, 9.17) is 16.0 Å². The third-order valence-electron chi connectivity index (χ3n) is 3.25. The smallest absolute Gasteiger partial charge is 0.416 e. The van der Waals surface area contributed by atoms with Crippen molar-refractivity contribution < 1.29 is 22.7 Å². The van der Waals surface area contributed by atoms with Gasteiger partial charge >= 0.3 is 12.1 Å². The van der Waals surface area contributed by atoms with Gasteiger partial charge in [-0.05, 0) is 30.3 Å². The van der Waals surface area contributed by atoms with Gasteiger partial charge in [0.15, 0.2) is 5.69 Å². The zero-order valence-corrected chi connectivity index (χ0v) is 13.2. The predicted octanol–water partition coefficient (Wildman–Crippen LogP) is 5.47. The molecule has 8 heteroatoms. The van der Waals surface area contributed by atoms with Crippen LogP contribution in [0, 0.1) is 0 Å². The topological polar surface area (TPSA) is 58.6 Å². The summed E-state index contributed by atoms with van der Waals surface area (Å²) in [5.41, 5.74) is -0.361. The lowest BCUT2D eigenvalue weighted by atomic mass is 10.2. The molecule has 0 spiro atoms. The van der Waals surface area contributed by atoms with Crippen molar-refractivity contribution in [3.63, 3.8) is 0 Å². The first kappa shape index (κ1) is 17.0. The minimum absolute atomic E-state index is 0.0210. The first-order valence-corrected chi connectivity index (χ1v) is 7.38. The molecule has 3 aromatic rings. The van der Waals surface area contributed by atoms with Crippen LogP contribution in [-0.4, -0.2) is 16.3 Å². The van der Waals surface area contributed by atoms with Gasteiger partial charge in [0.2, 0.25) is 5.89 Å². The number of alkyl halides is 3. The Hall–Kier alpha value is -2.80. The molecule has 0 saturated carbocycles. The molecule has 0 radical (unpaired) electrons. The fourth-order valence-electron chi connectivity index (χ4n) is 2.03. The van der Waals surface area contributed by atoms with Crippen molar-refractivity contribution in [1.29, 1.82) is 0 Å². The van der Waals surface area contributed by atoms with Crippen LogP contribution in [0.15, 0.2) is 57.9 Å². The average molecular weight is 367 g/mol. The Kier molecular flexibility index (Phi) is 4.50. The van der Waals surface area contributed by atoms with Gasteiger partial charge in [-0.3, -0.25) is 4.99 Å². The second-order valence-corrected chi connectivity index (χ2v) is 5.40. The Bertz CT molecular complexity index is 921. The van der Waals surface area contributed by atoms with Crippen LogP contribution in [0.5, 0.6) is 5.95 Å². The molecule has 0 amide bonds. The van der Waals surface area contributed by atoms with Crippen molar-refractivity contribution in [2.45, 2.75) is 6.18 Å². The number of aromatic nitrogens is 1. The molecule has 0 atom stereocenters. The number of benzene rings is 2. The maximum atomic E-state index is 12.8. The second-order valence-electron chi connectivity index (χ2n) is 5.00. The van der Waals surface area contributed by atoms with Crippen molar-refractivity contribution in [3.05, 3.63) is 64.8 Å². The van der Waals surface area contributed by atoms with Crippen LogP contribution < -0.4 is 0 Å². The van der Waals surface area contributed by atoms with Gasteiger partial charge in [-0.25, -0.2) is 4.98 Å². The molecule has 3 rings (SSSR count). The van der Waals surface area contributed by atoms with Crippen LogP contribution in [0.4, 0.5) is 18.9 Å². The Morgan fingerprint density at radius 3 is 2.52 bits per heavy atom. The first-order chi connectivity index (χ1) is 11.8. The summed E-state index contributed by atoms with van der Waals surface area (Å²) in [5.74, 6) is -0.333. The van der Waals surface area contributed by atoms with Crippen molar-refractivity contribution in [2.75, 3.05) is 0 Å². The lowest BCUT2D eigenvalue weighted by molar-refractivity contribution is -0.137. The van der Waals surface area contributed by atoms with E-state index < -0.39 is 17.7 Å². The quantitative estimate of drug-likeness (QED) is 0.625. The summed E-state index contributed by atoms with van der Waals surface area (Å²) in [6, 6.07) is 11.6. The molecule has 1 heterocycles. The highest BCUT2D eigenvalue weighted by Crippen LogP contribution is 2.35. The monoisotopic (exact) mass is 366 g/mol. The fraction of sp³-hybridized carbons (Fsp3) is 0.0588. The molecule has 0 fully saturated rings. The minimum atomic E-state index is -4.51. The highest BCUT2D eigenvalue weighted by molar-refractivity contribution is 6.33. The summed E-state index contributed by atoms with van der Waals surface area (Å²) in [7, 11) is 0. The van der Waals surface area contributed by atoms with Crippen LogP contribution >= 0.6 is 11.6 Å². The molecule has 0 aliphatic heterocycles. The molecule has 2 aromatic carbocycles. The standard InChI is InChI=1S/C17H10ClF3N2O2/c18-12-7-6-11(17(19,20)21)8-13(12)22-9-14-16(24)25-15(23-14)10-4-2-1-3-5-10/h1-9,24H. The summed E-state index contributed by atoms with van der Waals surface area (Å²) in [5, 5.41) is 9.83. The number of aliphatic imine (C=N–C) groups is 1. The first-order valence-electron chi connectivity index (χ1n) is 7.00. The molecule has 4 nitrogen and oxygen atoms in total. The maximum absolute atomic E-state index is 12.8. The minimum Gasteiger partial charge on any atom is -0.479 e. The molecule has 25 heavy (non-hydrogen) atoms. The van der Waals surface area contributed by atoms with E-state index in [9.17, 15) is 18.3 Å². The fourth-order valence-corrected chi connectivity index (χ4v) is 2.20. The molecule has 0 aliphatic carbocycles. The molecule has 1 N–H and O–H groups in total. The Morgan fingerprint density at radius 2 is 1.84 bits per heavy atom. The second kappa shape index (κ2) is 6.60. The zero-order valence-electron chi connectivity index (χ0n) is 12.5. The average Bonchev–Trinajstić information content (AvgIpc) is 2.95. The number of hydrogen-bond acceptors (Lipinski definition) is 4. The normalized spacial score (nSPS) is 12.0. The number of hydrogen-bond donors (Lipinski definition) is 1. The van der Waals surface area contributed by atoms with Crippen LogP contribution in [0.3, 0.4) is 0 Å². The highest BCUT2D eigenvalue weighted by Gasteiger charge is 2.30. The van der Waals surface area contributed by atoms with Gasteiger partial charge in [0.1, 0.15) is 0 Å². The molecule has 0 aliphatic rings. The summed E-state index contributed by atoms with van der Waals surface area (Å²) in [6.07, 6.45) is -3.42. The van der Waals surface area contributed by atoms with Gasteiger partial charge in [-0.2, -0.15) is 13.2 Å². The third kappa shape index (κ3) is 3.83. The van der Waals surface area contributed by atoms with E-state index in [-0.39, 0.29) is 22.3 Å². The van der Waals surface area contributed by atoms with E-state index in [1.165, 1.54) is 0 Å². The lowest BCUT2D eigenvalue weighted by Gasteiger charge is -2.07. The summed E-state index contributed by atoms with van der Waals surface area (Å²) in [6.45, 7) is 0. The van der Waals surface area contributed by atoms with Gasteiger partial charge in [0.05, 0.1) is 22.5 Å². The van der Waals surface area contributed by atoms with Crippen LogP contribution in [0.2, 0.25) is 5.02 Å². The van der Waals surface area contributed by atoms with Crippen molar-refractivity contribution in [3.8, 4) is 17.4 Å². The molecule has 128 valence electrons. The van der Waals surface area contributed by atoms with Crippen LogP contribution in [0.25, 0.3) is 11.5 Å². The van der Waals surface area contributed by atoms with Crippen LogP contribution in [-0.2, 0) is 6.18 Å². The molecular formula is C17H10ClF3N2O2. The van der Waals surface area contributed by atoms with Gasteiger partial charge in [-0.1, -0.05) is 29.8 Å². The van der Waals surface area contributed by atoms with Crippen molar-refractivity contribution >= 4 is 23.5 Å². The summed E-state index contributed by atoms with van der Waals surface area (Å²) >= 11 is 5.87. The van der Waals surface area contributed by atoms with E-state index in [2.05, 4.69) is 9.98 Å². The Morgan fingerprint density at radius 1 is 1.12 bits per heavy atom. The number of nitrogens with zero attached hydrogens (tertiary/aromatic N) is 2. The Balaban J connectivity index is 1.92. The van der Waals surface area contributed by atoms with Crippen molar-refractivity contribution in [1.82, 2.24) is 4.98 Å². The maximum Gasteiger partial charge on any atom is 0.416 e. The summed E-state index contributed by atoms with van der Waals surface area (Å²) < 4.78 is 43.4. The van der Waals surface area contributed by atoms with Gasteiger partial charge in [-0.15, -0.1) is 0 Å². The highest BCUT2D eigenvalue weighted by atomic mass is 35.5. The summed E-state index contributed by atoms with van der Waals surface area (Å²) in [4.78, 5) is 7.94. The molecule has 0 saturated heterocycles. The molecule has 0 bridgehead atoms. The number of rotatable bonds is 3. The van der Waals surface area contributed by atoms with Gasteiger partial charge in [0, 0.05) is 5.56 Å². The molecule has 1 aromatic heterocycles. The zero-order chi connectivity index (χ0) is 18.0. The van der Waals surface area contributed by atoms with E-state index in [0.717, 1.165) is 24.4 Å². The van der Waals surface area contributed by atoms with E-state index in [0.29, 0.717) is 5.56 Å². The van der Waals surface area contributed by atoms with E-state index in [1.54, 1.807) is 24.3 Å². The lowest BCUT2D eigenvalue weighted by Crippen LogP contribution is -2.04. The van der Waals surface area contributed by atoms with E-state index >= 15 is 0 Å². The van der Waals surface area contributed by atoms with Gasteiger partial charge < -0.3 is 9.52 Å². The number of aromatic hydroxyl groups is 1. The largest absolute Gasteiger partial charge is 0.479 e. The third-order valence-corrected chi connectivity index (χ3v) is 3.57. The van der Waals surface area contributed by atoms with Crippen LogP contribution in [0.1, 0.15) is 11.3 Å². The number of halogens is 4. The van der Waals surface area contributed by atoms with Gasteiger partial charge in [0.25, 0.3) is 0 Å². The Labute approximate surface area is 145 Å². The van der Waals surface area contributed by atoms with E-state index in [1.807, 2.05) is 6.07 Å². The number of oxazole rings is 1. The molecular weight excluding hydrogens is 357 g/mol. The van der Waals surface area contributed by atoms with Crippen molar-refractivity contribution in [2.24, 2.45) is 4.99 Å².